The van der Waals surface area contributed by atoms with Crippen LogP contribution in [0.15, 0.2) is 54.2 Å². The highest BCUT2D eigenvalue weighted by Crippen LogP contribution is 2.45. The Morgan fingerprint density at radius 3 is 2.71 bits per heavy atom. The molecule has 178 valence electrons. The topological polar surface area (TPSA) is 73.6 Å². The lowest BCUT2D eigenvalue weighted by atomic mass is 9.91. The molecule has 0 amide bonds. The van der Waals surface area contributed by atoms with Crippen LogP contribution in [-0.2, 0) is 11.4 Å². The van der Waals surface area contributed by atoms with E-state index in [1.165, 1.54) is 13.2 Å². The van der Waals surface area contributed by atoms with E-state index < -0.39 is 11.8 Å². The zero-order valence-electron chi connectivity index (χ0n) is 19.6. The van der Waals surface area contributed by atoms with Crippen LogP contribution >= 0.6 is 0 Å². The number of benzene rings is 2. The summed E-state index contributed by atoms with van der Waals surface area (Å²) >= 11 is 0. The van der Waals surface area contributed by atoms with Gasteiger partial charge in [0.1, 0.15) is 29.6 Å². The highest BCUT2D eigenvalue weighted by molar-refractivity contribution is 5.68. The molecule has 0 aliphatic heterocycles. The predicted octanol–water partition coefficient (Wildman–Crippen LogP) is 5.99. The second-order valence-electron chi connectivity index (χ2n) is 8.91. The van der Waals surface area contributed by atoms with Gasteiger partial charge >= 0.3 is 5.97 Å². The zero-order valence-corrected chi connectivity index (χ0v) is 19.6. The Balaban J connectivity index is 1.60. The number of ether oxygens (including phenoxy) is 2. The molecule has 3 aromatic rings. The summed E-state index contributed by atoms with van der Waals surface area (Å²) < 4.78 is 27.5. The smallest absolute Gasteiger partial charge is 0.303 e. The molecule has 1 heterocycles. The van der Waals surface area contributed by atoms with Gasteiger partial charge in [0.2, 0.25) is 0 Å². The fraction of sp³-hybridized carbons (Fsp3) is 0.333. The van der Waals surface area contributed by atoms with Gasteiger partial charge < -0.3 is 14.6 Å². The number of hydrogen-bond donors (Lipinski definition) is 1. The summed E-state index contributed by atoms with van der Waals surface area (Å²) in [5, 5.41) is 13.7. The number of halogens is 1. The first-order chi connectivity index (χ1) is 16.4. The van der Waals surface area contributed by atoms with Crippen LogP contribution in [0.25, 0.3) is 11.8 Å². The number of allylic oxidation sites excluding steroid dienone is 1. The molecule has 2 aromatic carbocycles. The fourth-order valence-electron chi connectivity index (χ4n) is 4.14. The summed E-state index contributed by atoms with van der Waals surface area (Å²) in [5.74, 6) is 0.435. The maximum Gasteiger partial charge on any atom is 0.303 e. The number of aliphatic carboxylic acids is 1. The Morgan fingerprint density at radius 2 is 2.03 bits per heavy atom. The van der Waals surface area contributed by atoms with E-state index in [4.69, 9.17) is 9.47 Å². The number of carboxylic acid groups (broad SMARTS) is 1. The van der Waals surface area contributed by atoms with Crippen molar-refractivity contribution in [3.63, 3.8) is 0 Å². The molecule has 34 heavy (non-hydrogen) atoms. The van der Waals surface area contributed by atoms with Crippen LogP contribution in [0.5, 0.6) is 11.5 Å². The minimum absolute atomic E-state index is 0.000992. The first-order valence-corrected chi connectivity index (χ1v) is 11.4. The molecule has 1 N–H and O–H groups in total. The quantitative estimate of drug-likeness (QED) is 0.399. The number of nitrogens with zero attached hydrogens (tertiary/aromatic N) is 2. The summed E-state index contributed by atoms with van der Waals surface area (Å²) in [7, 11) is 1.54. The Hall–Kier alpha value is -3.61. The average Bonchev–Trinajstić information content (AvgIpc) is 3.58. The first kappa shape index (κ1) is 23.5. The lowest BCUT2D eigenvalue weighted by molar-refractivity contribution is -0.137. The van der Waals surface area contributed by atoms with Crippen LogP contribution in [-0.4, -0.2) is 28.0 Å². The maximum atomic E-state index is 14.6. The second-order valence-corrected chi connectivity index (χ2v) is 8.91. The van der Waals surface area contributed by atoms with Gasteiger partial charge in [-0.2, -0.15) is 5.10 Å². The van der Waals surface area contributed by atoms with E-state index in [2.05, 4.69) is 5.10 Å². The van der Waals surface area contributed by atoms with Gasteiger partial charge in [-0.25, -0.2) is 9.07 Å². The van der Waals surface area contributed by atoms with Gasteiger partial charge in [-0.3, -0.25) is 4.79 Å². The van der Waals surface area contributed by atoms with E-state index in [1.807, 2.05) is 44.2 Å². The summed E-state index contributed by atoms with van der Waals surface area (Å²) in [5.41, 5.74) is 3.85. The summed E-state index contributed by atoms with van der Waals surface area (Å²) in [6.45, 7) is 4.17. The average molecular weight is 465 g/mol. The molecule has 1 unspecified atom stereocenters. The fourth-order valence-corrected chi connectivity index (χ4v) is 4.14. The molecule has 1 aliphatic rings. The summed E-state index contributed by atoms with van der Waals surface area (Å²) in [4.78, 5) is 11.3. The molecule has 7 heteroatoms. The van der Waals surface area contributed by atoms with Crippen molar-refractivity contribution in [1.29, 1.82) is 0 Å². The van der Waals surface area contributed by atoms with Crippen molar-refractivity contribution in [3.8, 4) is 17.2 Å². The number of hydrogen-bond acceptors (Lipinski definition) is 4. The standard InChI is InChI=1S/C27H29FN2O4/c1-17(2)11-25-20(15-29-30(25)26-13-21(33-3)9-10-24(26)28)16-34-22-6-4-5-19(12-22)23(14-27(31)32)18-7-8-18/h4-6,9-13,15,18,23H,7-8,14,16H2,1-3H3,(H,31,32). The van der Waals surface area contributed by atoms with E-state index in [-0.39, 0.29) is 18.9 Å². The van der Waals surface area contributed by atoms with Crippen LogP contribution in [0, 0.1) is 11.7 Å². The van der Waals surface area contributed by atoms with Crippen molar-refractivity contribution >= 4 is 12.0 Å². The molecule has 0 saturated heterocycles. The monoisotopic (exact) mass is 464 g/mol. The third-order valence-corrected chi connectivity index (χ3v) is 5.96. The molecular formula is C27H29FN2O4. The third-order valence-electron chi connectivity index (χ3n) is 5.96. The molecule has 0 bridgehead atoms. The SMILES string of the molecule is COc1ccc(F)c(-n2ncc(COc3cccc(C(CC(=O)O)C4CC4)c3)c2C=C(C)C)c1. The second kappa shape index (κ2) is 10.1. The van der Waals surface area contributed by atoms with Gasteiger partial charge in [0.05, 0.1) is 25.4 Å². The zero-order chi connectivity index (χ0) is 24.2. The van der Waals surface area contributed by atoms with E-state index in [1.54, 1.807) is 23.0 Å². The van der Waals surface area contributed by atoms with Gasteiger partial charge in [0.25, 0.3) is 0 Å². The van der Waals surface area contributed by atoms with Crippen molar-refractivity contribution in [2.75, 3.05) is 7.11 Å². The first-order valence-electron chi connectivity index (χ1n) is 11.4. The highest BCUT2D eigenvalue weighted by atomic mass is 19.1. The van der Waals surface area contributed by atoms with Crippen LogP contribution < -0.4 is 9.47 Å². The highest BCUT2D eigenvalue weighted by Gasteiger charge is 2.33. The molecule has 1 aromatic heterocycles. The van der Waals surface area contributed by atoms with Crippen LogP contribution in [0.4, 0.5) is 4.39 Å². The molecule has 1 saturated carbocycles. The predicted molar refractivity (Wildman–Crippen MR) is 128 cm³/mol. The van der Waals surface area contributed by atoms with E-state index in [0.717, 1.165) is 35.2 Å². The van der Waals surface area contributed by atoms with Crippen molar-refractivity contribution in [2.24, 2.45) is 5.92 Å². The van der Waals surface area contributed by atoms with Crippen LogP contribution in [0.3, 0.4) is 0 Å². The normalized spacial score (nSPS) is 13.9. The number of aromatic nitrogens is 2. The van der Waals surface area contributed by atoms with Gasteiger partial charge in [-0.15, -0.1) is 0 Å². The van der Waals surface area contributed by atoms with Gasteiger partial charge in [0, 0.05) is 11.6 Å². The largest absolute Gasteiger partial charge is 0.497 e. The number of methoxy groups -OCH3 is 1. The van der Waals surface area contributed by atoms with Gasteiger partial charge in [-0.05, 0) is 74.4 Å². The summed E-state index contributed by atoms with van der Waals surface area (Å²) in [6, 6.07) is 12.2. The van der Waals surface area contributed by atoms with Crippen molar-refractivity contribution in [3.05, 3.63) is 76.9 Å². The Morgan fingerprint density at radius 1 is 1.24 bits per heavy atom. The lowest BCUT2D eigenvalue weighted by Crippen LogP contribution is -2.08. The molecule has 1 fully saturated rings. The third kappa shape index (κ3) is 5.47. The lowest BCUT2D eigenvalue weighted by Gasteiger charge is -2.16. The maximum absolute atomic E-state index is 14.6. The van der Waals surface area contributed by atoms with Crippen LogP contribution in [0.1, 0.15) is 55.8 Å². The molecule has 1 aliphatic carbocycles. The Bertz CT molecular complexity index is 1210. The Kier molecular flexibility index (Phi) is 7.01. The minimum Gasteiger partial charge on any atom is -0.497 e. The van der Waals surface area contributed by atoms with Crippen LogP contribution in [0.2, 0.25) is 0 Å². The number of rotatable bonds is 10. The van der Waals surface area contributed by atoms with Crippen molar-refractivity contribution in [2.45, 2.75) is 45.6 Å². The molecule has 0 radical (unpaired) electrons. The van der Waals surface area contributed by atoms with E-state index in [0.29, 0.717) is 23.1 Å². The summed E-state index contributed by atoms with van der Waals surface area (Å²) in [6.07, 6.45) is 5.87. The van der Waals surface area contributed by atoms with Gasteiger partial charge in [0.15, 0.2) is 0 Å². The van der Waals surface area contributed by atoms with E-state index in [9.17, 15) is 14.3 Å². The molecule has 6 nitrogen and oxygen atoms in total. The Labute approximate surface area is 198 Å². The number of carboxylic acids is 1. The molecule has 4 rings (SSSR count). The van der Waals surface area contributed by atoms with Crippen molar-refractivity contribution in [1.82, 2.24) is 9.78 Å². The molecule has 0 spiro atoms. The van der Waals surface area contributed by atoms with Gasteiger partial charge in [-0.1, -0.05) is 17.7 Å². The van der Waals surface area contributed by atoms with E-state index >= 15 is 0 Å². The van der Waals surface area contributed by atoms with Crippen molar-refractivity contribution < 1.29 is 23.8 Å². The number of carbonyl (C=O) groups is 1. The molecular weight excluding hydrogens is 435 g/mol. The molecule has 1 atom stereocenters. The minimum atomic E-state index is -0.785.